The fourth-order valence-corrected chi connectivity index (χ4v) is 3.12. The molecule has 0 saturated carbocycles. The first-order valence-electron chi connectivity index (χ1n) is 9.45. The van der Waals surface area contributed by atoms with Crippen molar-refractivity contribution in [1.29, 1.82) is 0 Å². The average Bonchev–Trinajstić information content (AvgIpc) is 2.80. The molecule has 0 amide bonds. The zero-order valence-electron chi connectivity index (χ0n) is 16.2. The molecule has 0 spiro atoms. The zero-order valence-corrected chi connectivity index (χ0v) is 16.2. The van der Waals surface area contributed by atoms with Crippen LogP contribution >= 0.6 is 0 Å². The van der Waals surface area contributed by atoms with Crippen molar-refractivity contribution in [2.75, 3.05) is 43.6 Å². The highest BCUT2D eigenvalue weighted by atomic mass is 16.5. The van der Waals surface area contributed by atoms with E-state index in [0.717, 1.165) is 30.2 Å². The van der Waals surface area contributed by atoms with Crippen LogP contribution in [0.4, 0.5) is 17.3 Å². The van der Waals surface area contributed by atoms with Gasteiger partial charge in [-0.05, 0) is 24.3 Å². The van der Waals surface area contributed by atoms with Gasteiger partial charge in [0.25, 0.3) is 0 Å². The molecule has 7 nitrogen and oxygen atoms in total. The van der Waals surface area contributed by atoms with E-state index in [4.69, 9.17) is 19.4 Å². The molecule has 0 aliphatic carbocycles. The van der Waals surface area contributed by atoms with Crippen LogP contribution in [-0.2, 0) is 9.47 Å². The third-order valence-corrected chi connectivity index (χ3v) is 4.66. The number of anilines is 3. The number of aromatic nitrogens is 2. The molecule has 2 heterocycles. The molecule has 3 aromatic rings. The Labute approximate surface area is 169 Å². The predicted octanol–water partition coefficient (Wildman–Crippen LogP) is 3.51. The Kier molecular flexibility index (Phi) is 5.67. The van der Waals surface area contributed by atoms with E-state index in [0.29, 0.717) is 30.4 Å². The third-order valence-electron chi connectivity index (χ3n) is 4.66. The van der Waals surface area contributed by atoms with Crippen molar-refractivity contribution in [2.45, 2.75) is 0 Å². The van der Waals surface area contributed by atoms with Crippen LogP contribution in [0.25, 0.3) is 11.4 Å². The Morgan fingerprint density at radius 1 is 1.03 bits per heavy atom. The van der Waals surface area contributed by atoms with Gasteiger partial charge in [0, 0.05) is 30.4 Å². The average molecular weight is 390 g/mol. The molecule has 1 aliphatic rings. The van der Waals surface area contributed by atoms with Gasteiger partial charge in [-0.25, -0.2) is 14.8 Å². The topological polar surface area (TPSA) is 76.6 Å². The van der Waals surface area contributed by atoms with Crippen LogP contribution in [0, 0.1) is 0 Å². The summed E-state index contributed by atoms with van der Waals surface area (Å²) in [5.74, 6) is 1.84. The molecule has 29 heavy (non-hydrogen) atoms. The molecule has 1 aromatic heterocycles. The number of hydrogen-bond donors (Lipinski definition) is 1. The summed E-state index contributed by atoms with van der Waals surface area (Å²) in [5.41, 5.74) is 2.27. The summed E-state index contributed by atoms with van der Waals surface area (Å²) in [5, 5.41) is 3.32. The van der Waals surface area contributed by atoms with E-state index >= 15 is 0 Å². The number of rotatable bonds is 5. The van der Waals surface area contributed by atoms with Gasteiger partial charge in [0.1, 0.15) is 11.6 Å². The minimum atomic E-state index is -0.362. The Bertz CT molecular complexity index is 971. The van der Waals surface area contributed by atoms with Crippen molar-refractivity contribution >= 4 is 23.3 Å². The maximum atomic E-state index is 11.6. The fraction of sp³-hybridized carbons (Fsp3) is 0.227. The van der Waals surface area contributed by atoms with Crippen LogP contribution in [0.15, 0.2) is 60.7 Å². The van der Waals surface area contributed by atoms with Gasteiger partial charge in [-0.1, -0.05) is 30.3 Å². The fourth-order valence-electron chi connectivity index (χ4n) is 3.12. The van der Waals surface area contributed by atoms with Gasteiger partial charge < -0.3 is 19.7 Å². The van der Waals surface area contributed by atoms with Gasteiger partial charge in [0.2, 0.25) is 0 Å². The van der Waals surface area contributed by atoms with Crippen molar-refractivity contribution in [3.05, 3.63) is 66.2 Å². The summed E-state index contributed by atoms with van der Waals surface area (Å²) in [6.45, 7) is 2.95. The van der Waals surface area contributed by atoms with Crippen molar-refractivity contribution in [3.63, 3.8) is 0 Å². The van der Waals surface area contributed by atoms with E-state index in [-0.39, 0.29) is 5.97 Å². The normalized spacial score (nSPS) is 13.8. The largest absolute Gasteiger partial charge is 0.465 e. The van der Waals surface area contributed by atoms with E-state index in [1.54, 1.807) is 12.1 Å². The molecule has 4 rings (SSSR count). The highest BCUT2D eigenvalue weighted by Crippen LogP contribution is 2.25. The lowest BCUT2D eigenvalue weighted by atomic mass is 10.2. The van der Waals surface area contributed by atoms with Crippen LogP contribution in [0.1, 0.15) is 10.4 Å². The SMILES string of the molecule is COC(=O)c1ccc(Nc2cc(N3CCOCC3)nc(-c3ccccc3)n2)cc1. The first-order chi connectivity index (χ1) is 14.2. The Morgan fingerprint density at radius 3 is 2.45 bits per heavy atom. The van der Waals surface area contributed by atoms with E-state index in [1.807, 2.05) is 48.5 Å². The molecule has 1 N–H and O–H groups in total. The first-order valence-corrected chi connectivity index (χ1v) is 9.45. The molecule has 0 atom stereocenters. The number of carbonyl (C=O) groups excluding carboxylic acids is 1. The van der Waals surface area contributed by atoms with E-state index in [2.05, 4.69) is 10.2 Å². The number of carbonyl (C=O) groups is 1. The number of methoxy groups -OCH3 is 1. The smallest absolute Gasteiger partial charge is 0.337 e. The number of nitrogens with zero attached hydrogens (tertiary/aromatic N) is 3. The molecule has 0 unspecified atom stereocenters. The second-order valence-electron chi connectivity index (χ2n) is 6.59. The predicted molar refractivity (Wildman–Crippen MR) is 112 cm³/mol. The molecule has 2 aromatic carbocycles. The van der Waals surface area contributed by atoms with Crippen molar-refractivity contribution < 1.29 is 14.3 Å². The van der Waals surface area contributed by atoms with Crippen LogP contribution in [-0.4, -0.2) is 49.4 Å². The number of esters is 1. The van der Waals surface area contributed by atoms with Gasteiger partial charge in [0.15, 0.2) is 5.82 Å². The zero-order chi connectivity index (χ0) is 20.1. The molecule has 7 heteroatoms. The third kappa shape index (κ3) is 4.52. The number of ether oxygens (including phenoxy) is 2. The monoisotopic (exact) mass is 390 g/mol. The van der Waals surface area contributed by atoms with Crippen LogP contribution in [0.2, 0.25) is 0 Å². The van der Waals surface area contributed by atoms with E-state index in [1.165, 1.54) is 7.11 Å². The molecule has 1 saturated heterocycles. The Hall–Kier alpha value is -3.45. The summed E-state index contributed by atoms with van der Waals surface area (Å²) in [4.78, 5) is 23.3. The molecule has 1 fully saturated rings. The lowest BCUT2D eigenvalue weighted by Crippen LogP contribution is -2.36. The van der Waals surface area contributed by atoms with E-state index < -0.39 is 0 Å². The number of hydrogen-bond acceptors (Lipinski definition) is 7. The van der Waals surface area contributed by atoms with Gasteiger partial charge in [0.05, 0.1) is 25.9 Å². The summed E-state index contributed by atoms with van der Waals surface area (Å²) < 4.78 is 10.2. The highest BCUT2D eigenvalue weighted by Gasteiger charge is 2.16. The Balaban J connectivity index is 1.65. The molecule has 1 aliphatic heterocycles. The van der Waals surface area contributed by atoms with Gasteiger partial charge >= 0.3 is 5.97 Å². The second kappa shape index (κ2) is 8.70. The number of benzene rings is 2. The van der Waals surface area contributed by atoms with Crippen LogP contribution < -0.4 is 10.2 Å². The summed E-state index contributed by atoms with van der Waals surface area (Å²) in [7, 11) is 1.37. The summed E-state index contributed by atoms with van der Waals surface area (Å²) >= 11 is 0. The number of morpholine rings is 1. The maximum absolute atomic E-state index is 11.6. The minimum absolute atomic E-state index is 0.362. The highest BCUT2D eigenvalue weighted by molar-refractivity contribution is 5.89. The minimum Gasteiger partial charge on any atom is -0.465 e. The summed E-state index contributed by atoms with van der Waals surface area (Å²) in [6.07, 6.45) is 0. The van der Waals surface area contributed by atoms with Gasteiger partial charge in [-0.2, -0.15) is 0 Å². The number of nitrogens with one attached hydrogen (secondary N) is 1. The van der Waals surface area contributed by atoms with Crippen molar-refractivity contribution in [2.24, 2.45) is 0 Å². The quantitative estimate of drug-likeness (QED) is 0.668. The second-order valence-corrected chi connectivity index (χ2v) is 6.59. The van der Waals surface area contributed by atoms with Gasteiger partial charge in [-0.3, -0.25) is 0 Å². The molecule has 0 radical (unpaired) electrons. The summed E-state index contributed by atoms with van der Waals surface area (Å²) in [6, 6.07) is 18.9. The first kappa shape index (κ1) is 18.9. The maximum Gasteiger partial charge on any atom is 0.337 e. The lowest BCUT2D eigenvalue weighted by Gasteiger charge is -2.28. The van der Waals surface area contributed by atoms with Gasteiger partial charge in [-0.15, -0.1) is 0 Å². The molecular weight excluding hydrogens is 368 g/mol. The van der Waals surface area contributed by atoms with Crippen molar-refractivity contribution in [1.82, 2.24) is 9.97 Å². The standard InChI is InChI=1S/C22H22N4O3/c1-28-22(27)17-7-9-18(10-8-17)23-19-15-20(26-11-13-29-14-12-26)25-21(24-19)16-5-3-2-4-6-16/h2-10,15H,11-14H2,1H3,(H,23,24,25). The molecule has 148 valence electrons. The van der Waals surface area contributed by atoms with E-state index in [9.17, 15) is 4.79 Å². The molecular formula is C22H22N4O3. The van der Waals surface area contributed by atoms with Crippen molar-refractivity contribution in [3.8, 4) is 11.4 Å². The van der Waals surface area contributed by atoms with Crippen LogP contribution in [0.3, 0.4) is 0 Å². The molecule has 0 bridgehead atoms. The van der Waals surface area contributed by atoms with Crippen LogP contribution in [0.5, 0.6) is 0 Å². The lowest BCUT2D eigenvalue weighted by molar-refractivity contribution is 0.0601. The Morgan fingerprint density at radius 2 is 1.76 bits per heavy atom.